The average Bonchev–Trinajstić information content (AvgIpc) is 2.95. The summed E-state index contributed by atoms with van der Waals surface area (Å²) in [6, 6.07) is 4.05. The zero-order valence-electron chi connectivity index (χ0n) is 14.4. The summed E-state index contributed by atoms with van der Waals surface area (Å²) >= 11 is 0. The number of nitrogens with one attached hydrogen (secondary N) is 2. The molecule has 3 heterocycles. The summed E-state index contributed by atoms with van der Waals surface area (Å²) in [6.45, 7) is 4.36. The third-order valence-electron chi connectivity index (χ3n) is 4.97. The first-order valence-electron chi connectivity index (χ1n) is 8.51. The number of imidazole rings is 1. The van der Waals surface area contributed by atoms with Crippen LogP contribution in [0.3, 0.4) is 0 Å². The lowest BCUT2D eigenvalue weighted by Gasteiger charge is -2.26. The molecule has 4 rings (SSSR count). The molecule has 2 aliphatic rings. The monoisotopic (exact) mass is 339 g/mol. The number of nitrogens with zero attached hydrogens (tertiary/aromatic N) is 3. The number of rotatable bonds is 2. The predicted molar refractivity (Wildman–Crippen MR) is 94.3 cm³/mol. The molecule has 2 aromatic rings. The van der Waals surface area contributed by atoms with Crippen LogP contribution >= 0.6 is 0 Å². The normalized spacial score (nSPS) is 17.4. The second kappa shape index (κ2) is 6.00. The maximum Gasteiger partial charge on any atom is 0.329 e. The summed E-state index contributed by atoms with van der Waals surface area (Å²) in [6.07, 6.45) is 3.01. The Bertz CT molecular complexity index is 871. The molecule has 1 saturated heterocycles. The highest BCUT2D eigenvalue weighted by Gasteiger charge is 2.27. The van der Waals surface area contributed by atoms with Gasteiger partial charge in [-0.3, -0.25) is 15.0 Å². The van der Waals surface area contributed by atoms with Crippen LogP contribution in [0.1, 0.15) is 23.1 Å². The van der Waals surface area contributed by atoms with Crippen LogP contribution in [0.15, 0.2) is 18.3 Å². The standard InChI is InChI=1S/C18H21N5O2/c1-11-7-13-9-19-5-3-12(13)8-14(11)17-20-10-16(22(17)2)23-6-4-15(24)21-18(23)25/h7-8,10,19H,3-6,9H2,1-2H3,(H,21,24,25). The van der Waals surface area contributed by atoms with Gasteiger partial charge >= 0.3 is 6.03 Å². The van der Waals surface area contributed by atoms with Crippen LogP contribution in [0.4, 0.5) is 10.6 Å². The number of fused-ring (bicyclic) bond motifs is 1. The number of aromatic nitrogens is 2. The van der Waals surface area contributed by atoms with Gasteiger partial charge in [-0.1, -0.05) is 6.07 Å². The van der Waals surface area contributed by atoms with Gasteiger partial charge in [-0.25, -0.2) is 9.78 Å². The zero-order valence-corrected chi connectivity index (χ0v) is 14.4. The first-order valence-corrected chi connectivity index (χ1v) is 8.51. The molecule has 0 radical (unpaired) electrons. The van der Waals surface area contributed by atoms with E-state index in [1.165, 1.54) is 16.7 Å². The van der Waals surface area contributed by atoms with Crippen LogP contribution in [0.5, 0.6) is 0 Å². The minimum atomic E-state index is -0.390. The molecule has 1 aromatic heterocycles. The third kappa shape index (κ3) is 2.70. The smallest absolute Gasteiger partial charge is 0.314 e. The zero-order chi connectivity index (χ0) is 17.6. The van der Waals surface area contributed by atoms with Gasteiger partial charge in [0.15, 0.2) is 0 Å². The van der Waals surface area contributed by atoms with Crippen molar-refractivity contribution in [1.29, 1.82) is 0 Å². The fraction of sp³-hybridized carbons (Fsp3) is 0.389. The molecule has 0 atom stereocenters. The van der Waals surface area contributed by atoms with E-state index in [4.69, 9.17) is 0 Å². The van der Waals surface area contributed by atoms with E-state index in [-0.39, 0.29) is 11.9 Å². The van der Waals surface area contributed by atoms with Gasteiger partial charge < -0.3 is 9.88 Å². The van der Waals surface area contributed by atoms with E-state index in [1.54, 1.807) is 11.1 Å². The van der Waals surface area contributed by atoms with Crippen LogP contribution in [-0.4, -0.2) is 34.6 Å². The maximum atomic E-state index is 12.1. The number of imide groups is 1. The maximum absolute atomic E-state index is 12.1. The van der Waals surface area contributed by atoms with Crippen molar-refractivity contribution < 1.29 is 9.59 Å². The summed E-state index contributed by atoms with van der Waals surface area (Å²) in [4.78, 5) is 29.6. The molecular formula is C18H21N5O2. The molecule has 2 N–H and O–H groups in total. The summed E-state index contributed by atoms with van der Waals surface area (Å²) in [5.74, 6) is 1.29. The number of aryl methyl sites for hydroxylation is 1. The van der Waals surface area contributed by atoms with E-state index in [0.717, 1.165) is 30.9 Å². The average molecular weight is 339 g/mol. The molecule has 0 bridgehead atoms. The Morgan fingerprint density at radius 3 is 2.80 bits per heavy atom. The SMILES string of the molecule is Cc1cc2c(cc1-c1ncc(N3CCC(=O)NC3=O)n1C)CCNC2. The van der Waals surface area contributed by atoms with Gasteiger partial charge in [0.1, 0.15) is 11.6 Å². The Labute approximate surface area is 146 Å². The number of carbonyl (C=O) groups excluding carboxylic acids is 2. The van der Waals surface area contributed by atoms with Gasteiger partial charge in [-0.2, -0.15) is 0 Å². The Hall–Kier alpha value is -2.67. The fourth-order valence-electron chi connectivity index (χ4n) is 3.58. The van der Waals surface area contributed by atoms with Gasteiger partial charge in [0, 0.05) is 32.1 Å². The lowest BCUT2D eigenvalue weighted by molar-refractivity contribution is -0.120. The minimum absolute atomic E-state index is 0.234. The molecule has 0 spiro atoms. The number of anilines is 1. The largest absolute Gasteiger partial charge is 0.329 e. The van der Waals surface area contributed by atoms with E-state index < -0.39 is 0 Å². The molecule has 0 aliphatic carbocycles. The van der Waals surface area contributed by atoms with Gasteiger partial charge in [0.25, 0.3) is 0 Å². The Morgan fingerprint density at radius 2 is 2.00 bits per heavy atom. The molecular weight excluding hydrogens is 318 g/mol. The number of hydrogen-bond donors (Lipinski definition) is 2. The molecule has 1 aromatic carbocycles. The van der Waals surface area contributed by atoms with E-state index in [1.807, 2.05) is 11.6 Å². The van der Waals surface area contributed by atoms with Gasteiger partial charge in [0.2, 0.25) is 5.91 Å². The Kier molecular flexibility index (Phi) is 3.80. The summed E-state index contributed by atoms with van der Waals surface area (Å²) in [5, 5.41) is 5.75. The molecule has 7 nitrogen and oxygen atoms in total. The van der Waals surface area contributed by atoms with Crippen molar-refractivity contribution in [2.45, 2.75) is 26.3 Å². The van der Waals surface area contributed by atoms with Gasteiger partial charge in [-0.15, -0.1) is 0 Å². The third-order valence-corrected chi connectivity index (χ3v) is 4.97. The van der Waals surface area contributed by atoms with E-state index in [9.17, 15) is 9.59 Å². The topological polar surface area (TPSA) is 79.3 Å². The fourth-order valence-corrected chi connectivity index (χ4v) is 3.58. The van der Waals surface area contributed by atoms with E-state index in [2.05, 4.69) is 34.7 Å². The second-order valence-electron chi connectivity index (χ2n) is 6.62. The van der Waals surface area contributed by atoms with Crippen molar-refractivity contribution in [3.8, 4) is 11.4 Å². The molecule has 130 valence electrons. The predicted octanol–water partition coefficient (Wildman–Crippen LogP) is 1.49. The van der Waals surface area contributed by atoms with Gasteiger partial charge in [0.05, 0.1) is 6.20 Å². The van der Waals surface area contributed by atoms with Crippen molar-refractivity contribution in [2.75, 3.05) is 18.0 Å². The van der Waals surface area contributed by atoms with Crippen LogP contribution in [0.2, 0.25) is 0 Å². The number of hydrogen-bond acceptors (Lipinski definition) is 4. The van der Waals surface area contributed by atoms with E-state index >= 15 is 0 Å². The van der Waals surface area contributed by atoms with Crippen LogP contribution < -0.4 is 15.5 Å². The van der Waals surface area contributed by atoms with Crippen LogP contribution in [-0.2, 0) is 24.8 Å². The highest BCUT2D eigenvalue weighted by atomic mass is 16.2. The summed E-state index contributed by atoms with van der Waals surface area (Å²) < 4.78 is 1.92. The number of benzene rings is 1. The quantitative estimate of drug-likeness (QED) is 0.869. The minimum Gasteiger partial charge on any atom is -0.314 e. The molecule has 7 heteroatoms. The van der Waals surface area contributed by atoms with Crippen LogP contribution in [0, 0.1) is 6.92 Å². The molecule has 1 fully saturated rings. The molecule has 2 aliphatic heterocycles. The summed E-state index contributed by atoms with van der Waals surface area (Å²) in [5.41, 5.74) is 4.95. The van der Waals surface area contributed by atoms with Crippen molar-refractivity contribution in [3.05, 3.63) is 35.0 Å². The van der Waals surface area contributed by atoms with Crippen molar-refractivity contribution in [3.63, 3.8) is 0 Å². The number of amides is 3. The number of carbonyl (C=O) groups is 2. The van der Waals surface area contributed by atoms with Crippen molar-refractivity contribution in [1.82, 2.24) is 20.2 Å². The molecule has 3 amide bonds. The van der Waals surface area contributed by atoms with Crippen molar-refractivity contribution in [2.24, 2.45) is 7.05 Å². The number of urea groups is 1. The lowest BCUT2D eigenvalue weighted by atomic mass is 9.94. The Balaban J connectivity index is 1.72. The van der Waals surface area contributed by atoms with Crippen molar-refractivity contribution >= 4 is 17.8 Å². The van der Waals surface area contributed by atoms with Crippen LogP contribution in [0.25, 0.3) is 11.4 Å². The van der Waals surface area contributed by atoms with E-state index in [0.29, 0.717) is 18.8 Å². The Morgan fingerprint density at radius 1 is 1.16 bits per heavy atom. The highest BCUT2D eigenvalue weighted by molar-refractivity contribution is 6.05. The first-order chi connectivity index (χ1) is 12.0. The summed E-state index contributed by atoms with van der Waals surface area (Å²) in [7, 11) is 1.90. The van der Waals surface area contributed by atoms with Gasteiger partial charge in [-0.05, 0) is 42.6 Å². The molecule has 0 unspecified atom stereocenters. The second-order valence-corrected chi connectivity index (χ2v) is 6.62. The molecule has 25 heavy (non-hydrogen) atoms. The molecule has 0 saturated carbocycles. The first kappa shape index (κ1) is 15.8. The lowest BCUT2D eigenvalue weighted by Crippen LogP contribution is -2.50. The highest BCUT2D eigenvalue weighted by Crippen LogP contribution is 2.30.